The van der Waals surface area contributed by atoms with Gasteiger partial charge in [-0.1, -0.05) is 0 Å². The van der Waals surface area contributed by atoms with Crippen LogP contribution in [0.4, 0.5) is 11.4 Å². The number of aromatic nitrogens is 2. The van der Waals surface area contributed by atoms with Gasteiger partial charge in [0.25, 0.3) is 5.69 Å². The number of non-ortho nitro benzene ring substituents is 1. The Labute approximate surface area is 123 Å². The van der Waals surface area contributed by atoms with E-state index in [1.807, 2.05) is 0 Å². The SMILES string of the molecule is CCOC(=O)c1ccn(-c2ccc([N+](=O)[O-])cc2[N+](=O)[O-])n1. The van der Waals surface area contributed by atoms with Crippen molar-refractivity contribution in [3.63, 3.8) is 0 Å². The summed E-state index contributed by atoms with van der Waals surface area (Å²) in [6, 6.07) is 4.48. The highest BCUT2D eigenvalue weighted by Gasteiger charge is 2.22. The van der Waals surface area contributed by atoms with Crippen LogP contribution in [0.1, 0.15) is 17.4 Å². The summed E-state index contributed by atoms with van der Waals surface area (Å²) in [5, 5.41) is 25.6. The number of nitrogens with zero attached hydrogens (tertiary/aromatic N) is 4. The van der Waals surface area contributed by atoms with Crippen LogP contribution in [0.25, 0.3) is 5.69 Å². The first-order valence-corrected chi connectivity index (χ1v) is 6.10. The predicted octanol–water partition coefficient (Wildman–Crippen LogP) is 1.87. The van der Waals surface area contributed by atoms with Gasteiger partial charge < -0.3 is 4.74 Å². The zero-order valence-electron chi connectivity index (χ0n) is 11.3. The predicted molar refractivity (Wildman–Crippen MR) is 72.8 cm³/mol. The lowest BCUT2D eigenvalue weighted by Crippen LogP contribution is -2.07. The van der Waals surface area contributed by atoms with Crippen molar-refractivity contribution in [1.29, 1.82) is 0 Å². The summed E-state index contributed by atoms with van der Waals surface area (Å²) in [4.78, 5) is 31.8. The highest BCUT2D eigenvalue weighted by atomic mass is 16.6. The van der Waals surface area contributed by atoms with E-state index >= 15 is 0 Å². The van der Waals surface area contributed by atoms with Crippen molar-refractivity contribution in [1.82, 2.24) is 9.78 Å². The summed E-state index contributed by atoms with van der Waals surface area (Å²) >= 11 is 0. The molecule has 2 aromatic rings. The average molecular weight is 306 g/mol. The first-order chi connectivity index (χ1) is 10.4. The van der Waals surface area contributed by atoms with E-state index in [1.165, 1.54) is 18.3 Å². The maximum absolute atomic E-state index is 11.5. The third kappa shape index (κ3) is 2.90. The molecule has 22 heavy (non-hydrogen) atoms. The summed E-state index contributed by atoms with van der Waals surface area (Å²) in [7, 11) is 0. The normalized spacial score (nSPS) is 10.2. The Morgan fingerprint density at radius 1 is 1.27 bits per heavy atom. The lowest BCUT2D eigenvalue weighted by atomic mass is 10.2. The van der Waals surface area contributed by atoms with Crippen molar-refractivity contribution in [2.24, 2.45) is 0 Å². The molecule has 0 spiro atoms. The van der Waals surface area contributed by atoms with Crippen LogP contribution in [0, 0.1) is 20.2 Å². The van der Waals surface area contributed by atoms with E-state index in [4.69, 9.17) is 4.74 Å². The van der Waals surface area contributed by atoms with E-state index in [0.717, 1.165) is 16.8 Å². The number of esters is 1. The van der Waals surface area contributed by atoms with E-state index in [-0.39, 0.29) is 18.0 Å². The summed E-state index contributed by atoms with van der Waals surface area (Å²) in [5.41, 5.74) is -0.915. The number of ether oxygens (including phenoxy) is 1. The number of nitro benzene ring substituents is 2. The molecular weight excluding hydrogens is 296 g/mol. The highest BCUT2D eigenvalue weighted by Crippen LogP contribution is 2.27. The Kier molecular flexibility index (Phi) is 4.11. The van der Waals surface area contributed by atoms with Gasteiger partial charge in [0.15, 0.2) is 5.69 Å². The third-order valence-corrected chi connectivity index (χ3v) is 2.69. The van der Waals surface area contributed by atoms with Crippen LogP contribution in [0.2, 0.25) is 0 Å². The Morgan fingerprint density at radius 3 is 2.59 bits per heavy atom. The maximum atomic E-state index is 11.5. The van der Waals surface area contributed by atoms with E-state index in [9.17, 15) is 25.0 Å². The lowest BCUT2D eigenvalue weighted by molar-refractivity contribution is -0.394. The third-order valence-electron chi connectivity index (χ3n) is 2.69. The van der Waals surface area contributed by atoms with Gasteiger partial charge in [-0.3, -0.25) is 20.2 Å². The number of nitro groups is 2. The van der Waals surface area contributed by atoms with Crippen LogP contribution in [0.15, 0.2) is 30.5 Å². The number of hydrogen-bond acceptors (Lipinski definition) is 7. The summed E-state index contributed by atoms with van der Waals surface area (Å²) in [6.07, 6.45) is 1.33. The summed E-state index contributed by atoms with van der Waals surface area (Å²) in [6.45, 7) is 1.80. The van der Waals surface area contributed by atoms with Gasteiger partial charge in [0, 0.05) is 12.3 Å². The van der Waals surface area contributed by atoms with Crippen LogP contribution in [-0.2, 0) is 4.74 Å². The van der Waals surface area contributed by atoms with Crippen molar-refractivity contribution < 1.29 is 19.4 Å². The van der Waals surface area contributed by atoms with Gasteiger partial charge in [-0.15, -0.1) is 0 Å². The Balaban J connectivity index is 2.46. The fraction of sp³-hybridized carbons (Fsp3) is 0.167. The number of carbonyl (C=O) groups excluding carboxylic acids is 1. The quantitative estimate of drug-likeness (QED) is 0.468. The maximum Gasteiger partial charge on any atom is 0.358 e. The van der Waals surface area contributed by atoms with Gasteiger partial charge in [-0.2, -0.15) is 5.10 Å². The molecule has 1 aromatic carbocycles. The van der Waals surface area contributed by atoms with Crippen LogP contribution in [0.5, 0.6) is 0 Å². The zero-order valence-corrected chi connectivity index (χ0v) is 11.3. The minimum atomic E-state index is -0.756. The Morgan fingerprint density at radius 2 is 2.00 bits per heavy atom. The molecule has 0 N–H and O–H groups in total. The molecule has 0 aliphatic rings. The monoisotopic (exact) mass is 306 g/mol. The lowest BCUT2D eigenvalue weighted by Gasteiger charge is -2.03. The van der Waals surface area contributed by atoms with E-state index < -0.39 is 27.2 Å². The van der Waals surface area contributed by atoms with Crippen LogP contribution in [0.3, 0.4) is 0 Å². The van der Waals surface area contributed by atoms with Gasteiger partial charge in [0.2, 0.25) is 0 Å². The first kappa shape index (κ1) is 15.1. The van der Waals surface area contributed by atoms with Gasteiger partial charge in [-0.25, -0.2) is 9.48 Å². The molecule has 1 aromatic heterocycles. The summed E-state index contributed by atoms with van der Waals surface area (Å²) < 4.78 is 5.86. The average Bonchev–Trinajstić information content (AvgIpc) is 2.96. The Bertz CT molecular complexity index is 754. The van der Waals surface area contributed by atoms with Crippen molar-refractivity contribution in [3.05, 3.63) is 56.4 Å². The molecule has 0 atom stereocenters. The number of hydrogen-bond donors (Lipinski definition) is 0. The zero-order chi connectivity index (χ0) is 16.3. The van der Waals surface area contributed by atoms with E-state index in [0.29, 0.717) is 0 Å². The second-order valence-corrected chi connectivity index (χ2v) is 4.05. The largest absolute Gasteiger partial charge is 0.461 e. The van der Waals surface area contributed by atoms with E-state index in [2.05, 4.69) is 5.10 Å². The first-order valence-electron chi connectivity index (χ1n) is 6.10. The molecule has 10 nitrogen and oxygen atoms in total. The molecule has 114 valence electrons. The fourth-order valence-electron chi connectivity index (χ4n) is 1.74. The van der Waals surface area contributed by atoms with Crippen molar-refractivity contribution >= 4 is 17.3 Å². The molecule has 2 rings (SSSR count). The Hall–Kier alpha value is -3.30. The topological polar surface area (TPSA) is 130 Å². The van der Waals surface area contributed by atoms with Gasteiger partial charge in [-0.05, 0) is 19.1 Å². The minimum absolute atomic E-state index is 0.00569. The van der Waals surface area contributed by atoms with Crippen molar-refractivity contribution in [3.8, 4) is 5.69 Å². The van der Waals surface area contributed by atoms with Crippen molar-refractivity contribution in [2.45, 2.75) is 6.92 Å². The van der Waals surface area contributed by atoms with Crippen LogP contribution >= 0.6 is 0 Å². The molecule has 0 aliphatic heterocycles. The molecule has 0 amide bonds. The minimum Gasteiger partial charge on any atom is -0.461 e. The number of rotatable bonds is 5. The molecule has 1 heterocycles. The standard InChI is InChI=1S/C12H10N4O6/c1-2-22-12(17)9-5-6-14(13-9)10-4-3-8(15(18)19)7-11(10)16(20)21/h3-7H,2H2,1H3. The molecule has 0 saturated carbocycles. The molecule has 0 fully saturated rings. The molecule has 0 radical (unpaired) electrons. The molecule has 0 bridgehead atoms. The molecule has 0 aliphatic carbocycles. The summed E-state index contributed by atoms with van der Waals surface area (Å²) in [5.74, 6) is -0.661. The number of carbonyl (C=O) groups is 1. The molecular formula is C12H10N4O6. The van der Waals surface area contributed by atoms with Gasteiger partial charge in [0.1, 0.15) is 5.69 Å². The fourth-order valence-corrected chi connectivity index (χ4v) is 1.74. The van der Waals surface area contributed by atoms with Crippen LogP contribution in [-0.4, -0.2) is 32.2 Å². The smallest absolute Gasteiger partial charge is 0.358 e. The molecule has 0 unspecified atom stereocenters. The molecule has 0 saturated heterocycles. The van der Waals surface area contributed by atoms with Crippen LogP contribution < -0.4 is 0 Å². The van der Waals surface area contributed by atoms with E-state index in [1.54, 1.807) is 6.92 Å². The highest BCUT2D eigenvalue weighted by molar-refractivity contribution is 5.87. The van der Waals surface area contributed by atoms with Gasteiger partial charge >= 0.3 is 11.7 Å². The second-order valence-electron chi connectivity index (χ2n) is 4.05. The molecule has 10 heteroatoms. The van der Waals surface area contributed by atoms with Gasteiger partial charge in [0.05, 0.1) is 22.5 Å². The second kappa shape index (κ2) is 5.99. The van der Waals surface area contributed by atoms with Crippen molar-refractivity contribution in [2.75, 3.05) is 6.61 Å². The number of benzene rings is 1.